The summed E-state index contributed by atoms with van der Waals surface area (Å²) >= 11 is 0. The largest absolute Gasteiger partial charge is 0.122 e. The molecule has 0 aliphatic carbocycles. The van der Waals surface area contributed by atoms with Crippen molar-refractivity contribution >= 4 is 8.58 Å². The highest BCUT2D eigenvalue weighted by Crippen LogP contribution is 2.18. The van der Waals surface area contributed by atoms with Crippen LogP contribution in [0.2, 0.25) is 0 Å². The van der Waals surface area contributed by atoms with Gasteiger partial charge < -0.3 is 0 Å². The summed E-state index contributed by atoms with van der Waals surface area (Å²) in [6.07, 6.45) is 18.8. The van der Waals surface area contributed by atoms with Crippen LogP contribution in [0.4, 0.5) is 0 Å². The zero-order chi connectivity index (χ0) is 12.8. The summed E-state index contributed by atoms with van der Waals surface area (Å²) < 4.78 is 0. The fraction of sp³-hybridized carbons (Fsp3) is 0.875. The molecular weight excluding hydrogens is 223 g/mol. The molecular formula is C16H33P. The second-order valence-corrected chi connectivity index (χ2v) is 6.65. The molecule has 0 radical (unpaired) electrons. The molecule has 0 rings (SSSR count). The summed E-state index contributed by atoms with van der Waals surface area (Å²) in [6, 6.07) is 0. The van der Waals surface area contributed by atoms with Crippen LogP contribution in [0.5, 0.6) is 0 Å². The molecule has 17 heavy (non-hydrogen) atoms. The van der Waals surface area contributed by atoms with Crippen molar-refractivity contribution in [2.75, 3.05) is 12.3 Å². The van der Waals surface area contributed by atoms with E-state index >= 15 is 0 Å². The predicted molar refractivity (Wildman–Crippen MR) is 84.6 cm³/mol. The van der Waals surface area contributed by atoms with E-state index in [0.29, 0.717) is 0 Å². The number of hydrogen-bond acceptors (Lipinski definition) is 0. The maximum absolute atomic E-state index is 2.41. The van der Waals surface area contributed by atoms with E-state index in [4.69, 9.17) is 0 Å². The highest BCUT2D eigenvalue weighted by Gasteiger charge is 1.97. The van der Waals surface area contributed by atoms with E-state index in [0.717, 1.165) is 5.92 Å². The van der Waals surface area contributed by atoms with Gasteiger partial charge in [0.2, 0.25) is 0 Å². The number of rotatable bonds is 12. The second-order valence-electron chi connectivity index (χ2n) is 5.15. The summed E-state index contributed by atoms with van der Waals surface area (Å²) in [6.45, 7) is 6.89. The third kappa shape index (κ3) is 14.1. The Balaban J connectivity index is 3.16. The Bertz CT molecular complexity index is 163. The fourth-order valence-electron chi connectivity index (χ4n) is 1.94. The van der Waals surface area contributed by atoms with Crippen LogP contribution in [-0.2, 0) is 0 Å². The first-order valence-corrected chi connectivity index (χ1v) is 9.10. The molecule has 0 aliphatic rings. The Kier molecular flexibility index (Phi) is 14.4. The summed E-state index contributed by atoms with van der Waals surface area (Å²) in [5.74, 6) is 0.798. The van der Waals surface area contributed by atoms with Gasteiger partial charge in [-0.2, -0.15) is 0 Å². The van der Waals surface area contributed by atoms with E-state index < -0.39 is 0 Å². The van der Waals surface area contributed by atoms with E-state index in [1.54, 1.807) is 0 Å². The molecule has 0 amide bonds. The Morgan fingerprint density at radius 2 is 1.71 bits per heavy atom. The molecule has 0 nitrogen and oxygen atoms in total. The predicted octanol–water partition coefficient (Wildman–Crippen LogP) is 6.02. The molecule has 0 aromatic heterocycles. The first kappa shape index (κ1) is 17.2. The lowest BCUT2D eigenvalue weighted by Crippen LogP contribution is -1.91. The Morgan fingerprint density at radius 3 is 2.41 bits per heavy atom. The standard InChI is InChI=1S/C16H33P/c1-4-6-8-10-14-17-15-11-13-16(3)12-9-7-5-2/h9,12,16-17H,4-8,10-11,13-15H2,1-3H3. The first-order chi connectivity index (χ1) is 8.31. The van der Waals surface area contributed by atoms with Gasteiger partial charge in [0, 0.05) is 0 Å². The molecule has 0 N–H and O–H groups in total. The maximum Gasteiger partial charge on any atom is -0.0262 e. The van der Waals surface area contributed by atoms with Gasteiger partial charge in [-0.25, -0.2) is 0 Å². The molecule has 0 saturated carbocycles. The molecule has 0 fully saturated rings. The average molecular weight is 256 g/mol. The quantitative estimate of drug-likeness (QED) is 0.227. The van der Waals surface area contributed by atoms with Crippen LogP contribution in [0.3, 0.4) is 0 Å². The van der Waals surface area contributed by atoms with Gasteiger partial charge in [-0.05, 0) is 43.9 Å². The van der Waals surface area contributed by atoms with Crippen LogP contribution in [0.25, 0.3) is 0 Å². The van der Waals surface area contributed by atoms with Crippen LogP contribution in [-0.4, -0.2) is 12.3 Å². The molecule has 0 aromatic rings. The third-order valence-corrected chi connectivity index (χ3v) is 4.55. The summed E-state index contributed by atoms with van der Waals surface area (Å²) in [4.78, 5) is 0. The van der Waals surface area contributed by atoms with Crippen molar-refractivity contribution in [3.63, 3.8) is 0 Å². The van der Waals surface area contributed by atoms with E-state index in [1.807, 2.05) is 0 Å². The van der Waals surface area contributed by atoms with Crippen LogP contribution in [0, 0.1) is 5.92 Å². The molecule has 2 atom stereocenters. The lowest BCUT2D eigenvalue weighted by molar-refractivity contribution is 0.634. The van der Waals surface area contributed by atoms with Crippen molar-refractivity contribution in [3.8, 4) is 0 Å². The smallest absolute Gasteiger partial charge is 0.0262 e. The van der Waals surface area contributed by atoms with Crippen molar-refractivity contribution in [3.05, 3.63) is 12.2 Å². The van der Waals surface area contributed by atoms with Crippen LogP contribution >= 0.6 is 8.58 Å². The van der Waals surface area contributed by atoms with E-state index in [1.165, 1.54) is 72.3 Å². The van der Waals surface area contributed by atoms with Crippen molar-refractivity contribution < 1.29 is 0 Å². The average Bonchev–Trinajstić information content (AvgIpc) is 2.33. The van der Waals surface area contributed by atoms with Crippen LogP contribution in [0.1, 0.15) is 72.1 Å². The molecule has 102 valence electrons. The zero-order valence-corrected chi connectivity index (χ0v) is 13.3. The minimum absolute atomic E-state index is 0.798. The van der Waals surface area contributed by atoms with Gasteiger partial charge in [-0.1, -0.05) is 58.6 Å². The molecule has 1 heteroatoms. The van der Waals surface area contributed by atoms with E-state index in [-0.39, 0.29) is 0 Å². The van der Waals surface area contributed by atoms with Gasteiger partial charge in [-0.15, -0.1) is 8.58 Å². The minimum Gasteiger partial charge on any atom is -0.122 e. The van der Waals surface area contributed by atoms with Crippen LogP contribution in [0.15, 0.2) is 12.2 Å². The van der Waals surface area contributed by atoms with Gasteiger partial charge >= 0.3 is 0 Å². The maximum atomic E-state index is 2.41. The lowest BCUT2D eigenvalue weighted by Gasteiger charge is -2.06. The van der Waals surface area contributed by atoms with Gasteiger partial charge in [0.05, 0.1) is 0 Å². The SMILES string of the molecule is CCCC=CC(C)CCCPCCCCCC. The second kappa shape index (κ2) is 14.2. The van der Waals surface area contributed by atoms with E-state index in [9.17, 15) is 0 Å². The van der Waals surface area contributed by atoms with Gasteiger partial charge in [0.1, 0.15) is 0 Å². The number of allylic oxidation sites excluding steroid dienone is 2. The summed E-state index contributed by atoms with van der Waals surface area (Å²) in [5, 5.41) is 0. The summed E-state index contributed by atoms with van der Waals surface area (Å²) in [7, 11) is 1.22. The zero-order valence-electron chi connectivity index (χ0n) is 12.3. The van der Waals surface area contributed by atoms with Gasteiger partial charge in [0.25, 0.3) is 0 Å². The normalized spacial score (nSPS) is 14.1. The highest BCUT2D eigenvalue weighted by atomic mass is 31.1. The molecule has 0 saturated heterocycles. The molecule has 0 aromatic carbocycles. The molecule has 2 unspecified atom stereocenters. The van der Waals surface area contributed by atoms with Gasteiger partial charge in [-0.3, -0.25) is 0 Å². The van der Waals surface area contributed by atoms with Crippen molar-refractivity contribution in [2.45, 2.75) is 72.1 Å². The van der Waals surface area contributed by atoms with E-state index in [2.05, 4.69) is 32.9 Å². The van der Waals surface area contributed by atoms with Gasteiger partial charge in [0.15, 0.2) is 0 Å². The molecule has 0 spiro atoms. The van der Waals surface area contributed by atoms with Crippen molar-refractivity contribution in [1.82, 2.24) is 0 Å². The molecule has 0 bridgehead atoms. The number of unbranched alkanes of at least 4 members (excludes halogenated alkanes) is 4. The van der Waals surface area contributed by atoms with Crippen LogP contribution < -0.4 is 0 Å². The Labute approximate surface area is 111 Å². The molecule has 0 heterocycles. The Morgan fingerprint density at radius 1 is 0.941 bits per heavy atom. The Hall–Kier alpha value is 0.170. The number of hydrogen-bond donors (Lipinski definition) is 0. The highest BCUT2D eigenvalue weighted by molar-refractivity contribution is 7.37. The molecule has 0 aliphatic heterocycles. The fourth-order valence-corrected chi connectivity index (χ4v) is 3.15. The summed E-state index contributed by atoms with van der Waals surface area (Å²) in [5.41, 5.74) is 0. The minimum atomic E-state index is 0.798. The first-order valence-electron chi connectivity index (χ1n) is 7.68. The third-order valence-electron chi connectivity index (χ3n) is 3.14. The van der Waals surface area contributed by atoms with Crippen molar-refractivity contribution in [1.29, 1.82) is 0 Å². The lowest BCUT2D eigenvalue weighted by atomic mass is 10.1. The van der Waals surface area contributed by atoms with Crippen molar-refractivity contribution in [2.24, 2.45) is 5.92 Å². The monoisotopic (exact) mass is 256 g/mol. The topological polar surface area (TPSA) is 0 Å².